The summed E-state index contributed by atoms with van der Waals surface area (Å²) in [6.45, 7) is 0.792. The molecule has 108 valence electrons. The van der Waals surface area contributed by atoms with Crippen molar-refractivity contribution in [2.45, 2.75) is 55.4 Å². The van der Waals surface area contributed by atoms with Crippen LogP contribution in [0.4, 0.5) is 30.7 Å². The van der Waals surface area contributed by atoms with Crippen LogP contribution in [0.1, 0.15) is 26.7 Å². The lowest BCUT2D eigenvalue weighted by Gasteiger charge is -2.49. The van der Waals surface area contributed by atoms with E-state index >= 15 is 0 Å². The third-order valence-electron chi connectivity index (χ3n) is 2.94. The van der Waals surface area contributed by atoms with Gasteiger partial charge in [-0.25, -0.2) is 17.6 Å². The SMILES string of the molecule is CCC1(F)CC(F)(C(C)(F)F)OC(F)(Cl)C1(F)F. The van der Waals surface area contributed by atoms with E-state index in [1.807, 2.05) is 0 Å². The van der Waals surface area contributed by atoms with Gasteiger partial charge in [-0.2, -0.15) is 13.2 Å². The molecule has 0 aromatic rings. The first-order chi connectivity index (χ1) is 7.72. The summed E-state index contributed by atoms with van der Waals surface area (Å²) in [7, 11) is 0. The Morgan fingerprint density at radius 1 is 1.17 bits per heavy atom. The van der Waals surface area contributed by atoms with Gasteiger partial charge in [-0.15, -0.1) is 0 Å². The van der Waals surface area contributed by atoms with E-state index in [9.17, 15) is 30.7 Å². The van der Waals surface area contributed by atoms with Gasteiger partial charge in [0.05, 0.1) is 6.42 Å². The highest BCUT2D eigenvalue weighted by Crippen LogP contribution is 2.60. The van der Waals surface area contributed by atoms with Gasteiger partial charge in [0.1, 0.15) is 0 Å². The normalized spacial score (nSPS) is 45.0. The number of ether oxygens (including phenoxy) is 1. The van der Waals surface area contributed by atoms with Gasteiger partial charge >= 0.3 is 17.2 Å². The van der Waals surface area contributed by atoms with Gasteiger partial charge in [0.2, 0.25) is 0 Å². The topological polar surface area (TPSA) is 9.23 Å². The molecular weight excluding hydrogens is 293 g/mol. The Morgan fingerprint density at radius 3 is 1.94 bits per heavy atom. The third kappa shape index (κ3) is 1.97. The van der Waals surface area contributed by atoms with Gasteiger partial charge in [0.15, 0.2) is 5.67 Å². The molecule has 1 fully saturated rings. The second-order valence-electron chi connectivity index (χ2n) is 4.31. The van der Waals surface area contributed by atoms with Crippen molar-refractivity contribution in [3.05, 3.63) is 0 Å². The largest absolute Gasteiger partial charge is 0.357 e. The van der Waals surface area contributed by atoms with E-state index in [4.69, 9.17) is 0 Å². The highest BCUT2D eigenvalue weighted by atomic mass is 35.5. The third-order valence-corrected chi connectivity index (χ3v) is 3.26. The van der Waals surface area contributed by atoms with Gasteiger partial charge in [-0.05, 0) is 18.0 Å². The molecule has 1 aliphatic heterocycles. The second-order valence-corrected chi connectivity index (χ2v) is 4.79. The van der Waals surface area contributed by atoms with Gasteiger partial charge < -0.3 is 0 Å². The maximum absolute atomic E-state index is 13.9. The summed E-state index contributed by atoms with van der Waals surface area (Å²) >= 11 is 4.57. The number of hydrogen-bond donors (Lipinski definition) is 0. The zero-order chi connectivity index (χ0) is 14.6. The Hall–Kier alpha value is -0.240. The Bertz CT molecular complexity index is 340. The van der Waals surface area contributed by atoms with Crippen LogP contribution in [-0.2, 0) is 4.74 Å². The average Bonchev–Trinajstić information content (AvgIpc) is 2.12. The molecule has 0 aliphatic carbocycles. The van der Waals surface area contributed by atoms with Crippen molar-refractivity contribution in [3.8, 4) is 0 Å². The van der Waals surface area contributed by atoms with Crippen LogP contribution in [0.2, 0.25) is 0 Å². The fraction of sp³-hybridized carbons (Fsp3) is 1.00. The molecule has 0 aromatic heterocycles. The number of alkyl halides is 8. The molecule has 0 N–H and O–H groups in total. The minimum atomic E-state index is -4.96. The number of rotatable bonds is 2. The van der Waals surface area contributed by atoms with Crippen LogP contribution < -0.4 is 0 Å². The van der Waals surface area contributed by atoms with Gasteiger partial charge in [0.25, 0.3) is 5.85 Å². The minimum Gasteiger partial charge on any atom is -0.286 e. The summed E-state index contributed by atoms with van der Waals surface area (Å²) < 4.78 is 96.8. The molecule has 0 saturated carbocycles. The molecule has 0 bridgehead atoms. The van der Waals surface area contributed by atoms with Crippen LogP contribution in [0.15, 0.2) is 0 Å². The quantitative estimate of drug-likeness (QED) is 0.544. The molecule has 3 atom stereocenters. The first kappa shape index (κ1) is 15.8. The molecule has 0 radical (unpaired) electrons. The molecule has 9 heteroatoms. The summed E-state index contributed by atoms with van der Waals surface area (Å²) in [5.41, 5.74) is -3.88. The number of halogens is 8. The molecule has 0 spiro atoms. The predicted octanol–water partition coefficient (Wildman–Crippen LogP) is 4.34. The molecule has 1 saturated heterocycles. The van der Waals surface area contributed by atoms with Crippen molar-refractivity contribution >= 4 is 11.6 Å². The fourth-order valence-electron chi connectivity index (χ4n) is 1.63. The van der Waals surface area contributed by atoms with Crippen LogP contribution in [0.25, 0.3) is 0 Å². The maximum atomic E-state index is 13.9. The molecule has 1 aliphatic rings. The van der Waals surface area contributed by atoms with E-state index in [2.05, 4.69) is 16.3 Å². The highest BCUT2D eigenvalue weighted by Gasteiger charge is 2.79. The Labute approximate surface area is 103 Å². The van der Waals surface area contributed by atoms with Gasteiger partial charge in [-0.3, -0.25) is 4.74 Å². The van der Waals surface area contributed by atoms with E-state index in [1.165, 1.54) is 0 Å². The van der Waals surface area contributed by atoms with Crippen molar-refractivity contribution in [2.24, 2.45) is 0 Å². The average molecular weight is 303 g/mol. The van der Waals surface area contributed by atoms with Crippen molar-refractivity contribution in [1.29, 1.82) is 0 Å². The molecule has 1 heterocycles. The van der Waals surface area contributed by atoms with Gasteiger partial charge in [-0.1, -0.05) is 6.92 Å². The van der Waals surface area contributed by atoms with E-state index in [1.54, 1.807) is 0 Å². The summed E-state index contributed by atoms with van der Waals surface area (Å²) in [4.78, 5) is 0. The van der Waals surface area contributed by atoms with E-state index in [-0.39, 0.29) is 6.92 Å². The van der Waals surface area contributed by atoms with Crippen molar-refractivity contribution in [3.63, 3.8) is 0 Å². The lowest BCUT2D eigenvalue weighted by atomic mass is 9.83. The van der Waals surface area contributed by atoms with Crippen molar-refractivity contribution in [2.75, 3.05) is 0 Å². The van der Waals surface area contributed by atoms with E-state index in [0.717, 1.165) is 6.92 Å². The number of hydrogen-bond acceptors (Lipinski definition) is 1. The predicted molar refractivity (Wildman–Crippen MR) is 48.9 cm³/mol. The van der Waals surface area contributed by atoms with Crippen LogP contribution >= 0.6 is 11.6 Å². The first-order valence-corrected chi connectivity index (χ1v) is 5.32. The lowest BCUT2D eigenvalue weighted by Crippen LogP contribution is -2.69. The monoisotopic (exact) mass is 302 g/mol. The Morgan fingerprint density at radius 2 is 1.61 bits per heavy atom. The zero-order valence-electron chi connectivity index (χ0n) is 9.35. The molecule has 0 amide bonds. The fourth-order valence-corrected chi connectivity index (χ4v) is 1.92. The summed E-state index contributed by atoms with van der Waals surface area (Å²) in [5.74, 6) is -13.6. The minimum absolute atomic E-state index is 0.0422. The Balaban J connectivity index is 3.32. The summed E-state index contributed by atoms with van der Waals surface area (Å²) in [6, 6.07) is 0. The zero-order valence-corrected chi connectivity index (χ0v) is 10.1. The second kappa shape index (κ2) is 3.88. The molecular formula is C9H10ClF7O. The van der Waals surface area contributed by atoms with Crippen LogP contribution in [0.3, 0.4) is 0 Å². The first-order valence-electron chi connectivity index (χ1n) is 4.94. The lowest BCUT2D eigenvalue weighted by molar-refractivity contribution is -0.421. The molecule has 1 nitrogen and oxygen atoms in total. The summed E-state index contributed by atoms with van der Waals surface area (Å²) in [6.07, 6.45) is -3.13. The van der Waals surface area contributed by atoms with Gasteiger partial charge in [0, 0.05) is 6.92 Å². The van der Waals surface area contributed by atoms with Crippen molar-refractivity contribution < 1.29 is 35.5 Å². The van der Waals surface area contributed by atoms with Crippen molar-refractivity contribution in [1.82, 2.24) is 0 Å². The Kier molecular flexibility index (Phi) is 3.41. The molecule has 0 aromatic carbocycles. The summed E-state index contributed by atoms with van der Waals surface area (Å²) in [5, 5.41) is -4.69. The van der Waals surface area contributed by atoms with Crippen LogP contribution in [-0.4, -0.2) is 28.7 Å². The van der Waals surface area contributed by atoms with E-state index < -0.39 is 41.5 Å². The molecule has 18 heavy (non-hydrogen) atoms. The smallest absolute Gasteiger partial charge is 0.286 e. The molecule has 3 unspecified atom stereocenters. The van der Waals surface area contributed by atoms with Crippen LogP contribution in [0.5, 0.6) is 0 Å². The molecule has 1 rings (SSSR count). The van der Waals surface area contributed by atoms with E-state index in [0.29, 0.717) is 0 Å². The maximum Gasteiger partial charge on any atom is 0.357 e. The highest BCUT2D eigenvalue weighted by molar-refractivity contribution is 6.22. The standard InChI is InChI=1S/C9H10ClF7O/c1-3-6(13)4-7(14,5(2,11)12)18-9(10,17)8(6,15)16/h3-4H2,1-2H3. The van der Waals surface area contributed by atoms with Crippen LogP contribution in [0, 0.1) is 0 Å².